The molecule has 0 saturated heterocycles. The Kier molecular flexibility index (Phi) is 7.45. The summed E-state index contributed by atoms with van der Waals surface area (Å²) in [6.07, 6.45) is 0. The molecule has 1 amide bonds. The summed E-state index contributed by atoms with van der Waals surface area (Å²) in [5.74, 6) is -0.247. The van der Waals surface area contributed by atoms with Crippen LogP contribution in [0.15, 0.2) is 39.6 Å². The van der Waals surface area contributed by atoms with Crippen molar-refractivity contribution in [1.82, 2.24) is 5.32 Å². The van der Waals surface area contributed by atoms with Crippen molar-refractivity contribution in [2.75, 3.05) is 21.2 Å². The second kappa shape index (κ2) is 9.34. The second-order valence-corrected chi connectivity index (χ2v) is 4.62. The fourth-order valence-corrected chi connectivity index (χ4v) is 1.81. The van der Waals surface area contributed by atoms with Crippen molar-refractivity contribution in [2.24, 2.45) is 15.3 Å². The molecule has 1 aromatic carbocycles. The lowest BCUT2D eigenvalue weighted by Gasteiger charge is -2.10. The fourth-order valence-electron chi connectivity index (χ4n) is 1.81. The summed E-state index contributed by atoms with van der Waals surface area (Å²) in [6.45, 7) is 3.75. The molecule has 0 bridgehead atoms. The molecule has 0 unspecified atom stereocenters. The molecule has 23 heavy (non-hydrogen) atoms. The van der Waals surface area contributed by atoms with Crippen molar-refractivity contribution in [3.63, 3.8) is 0 Å². The van der Waals surface area contributed by atoms with Gasteiger partial charge in [0.2, 0.25) is 0 Å². The molecule has 0 radical (unpaired) electrons. The van der Waals surface area contributed by atoms with Crippen molar-refractivity contribution in [3.05, 3.63) is 35.4 Å². The SMILES string of the molecule is CN=C(C(=O)NC)c1ccccc1CO/N=C(C)/C(C)=N/OC. The maximum Gasteiger partial charge on any atom is 0.269 e. The number of hydrogen-bond donors (Lipinski definition) is 1. The molecule has 0 aliphatic rings. The lowest BCUT2D eigenvalue weighted by atomic mass is 10.0. The van der Waals surface area contributed by atoms with Gasteiger partial charge in [-0.25, -0.2) is 0 Å². The van der Waals surface area contributed by atoms with E-state index in [2.05, 4.69) is 25.5 Å². The first-order valence-corrected chi connectivity index (χ1v) is 7.07. The summed E-state index contributed by atoms with van der Waals surface area (Å²) < 4.78 is 0. The molecular formula is C16H22N4O3. The van der Waals surface area contributed by atoms with Gasteiger partial charge in [0.15, 0.2) is 0 Å². The zero-order valence-corrected chi connectivity index (χ0v) is 14.1. The van der Waals surface area contributed by atoms with Crippen molar-refractivity contribution in [2.45, 2.75) is 20.5 Å². The molecule has 0 atom stereocenters. The molecule has 1 aromatic rings. The summed E-state index contributed by atoms with van der Waals surface area (Å²) in [5, 5.41) is 10.3. The van der Waals surface area contributed by atoms with E-state index >= 15 is 0 Å². The second-order valence-electron chi connectivity index (χ2n) is 4.62. The van der Waals surface area contributed by atoms with Gasteiger partial charge in [-0.1, -0.05) is 34.6 Å². The van der Waals surface area contributed by atoms with Gasteiger partial charge in [0.25, 0.3) is 5.91 Å². The standard InChI is InChI=1S/C16H22N4O3/c1-11(19-22-5)12(2)20-23-10-13-8-6-7-9-14(13)15(17-3)16(21)18-4/h6-9H,10H2,1-5H3,(H,18,21)/b17-15?,19-11+,20-12+. The zero-order chi connectivity index (χ0) is 17.2. The molecular weight excluding hydrogens is 296 g/mol. The first kappa shape index (κ1) is 18.3. The van der Waals surface area contributed by atoms with Gasteiger partial charge in [0.1, 0.15) is 30.9 Å². The third kappa shape index (κ3) is 5.21. The smallest absolute Gasteiger partial charge is 0.269 e. The van der Waals surface area contributed by atoms with E-state index in [1.165, 1.54) is 7.11 Å². The molecule has 0 aliphatic heterocycles. The highest BCUT2D eigenvalue weighted by atomic mass is 16.6. The lowest BCUT2D eigenvalue weighted by Crippen LogP contribution is -2.29. The Balaban J connectivity index is 2.93. The number of carbonyl (C=O) groups is 1. The maximum absolute atomic E-state index is 11.9. The third-order valence-corrected chi connectivity index (χ3v) is 3.11. The maximum atomic E-state index is 11.9. The van der Waals surface area contributed by atoms with E-state index in [0.717, 1.165) is 5.56 Å². The predicted octanol–water partition coefficient (Wildman–Crippen LogP) is 1.77. The molecule has 0 aromatic heterocycles. The Bertz CT molecular complexity index is 636. The Labute approximate surface area is 136 Å². The van der Waals surface area contributed by atoms with Crippen LogP contribution in [0.3, 0.4) is 0 Å². The van der Waals surface area contributed by atoms with Crippen LogP contribution in [0.5, 0.6) is 0 Å². The van der Waals surface area contributed by atoms with Crippen LogP contribution in [0, 0.1) is 0 Å². The van der Waals surface area contributed by atoms with Crippen LogP contribution < -0.4 is 5.32 Å². The van der Waals surface area contributed by atoms with Crippen molar-refractivity contribution in [1.29, 1.82) is 0 Å². The van der Waals surface area contributed by atoms with Crippen LogP contribution in [0.4, 0.5) is 0 Å². The molecule has 0 heterocycles. The van der Waals surface area contributed by atoms with Gasteiger partial charge in [-0.15, -0.1) is 0 Å². The summed E-state index contributed by atoms with van der Waals surface area (Å²) in [5.41, 5.74) is 3.12. The van der Waals surface area contributed by atoms with Crippen molar-refractivity contribution in [3.8, 4) is 0 Å². The molecule has 124 valence electrons. The van der Waals surface area contributed by atoms with Crippen LogP contribution in [0.1, 0.15) is 25.0 Å². The number of aliphatic imine (C=N–C) groups is 1. The Morgan fingerprint density at radius 1 is 1.17 bits per heavy atom. The molecule has 7 nitrogen and oxygen atoms in total. The monoisotopic (exact) mass is 318 g/mol. The van der Waals surface area contributed by atoms with Crippen LogP contribution in [-0.2, 0) is 21.1 Å². The van der Waals surface area contributed by atoms with Gasteiger partial charge in [0, 0.05) is 25.2 Å². The van der Waals surface area contributed by atoms with E-state index in [1.54, 1.807) is 27.9 Å². The molecule has 0 spiro atoms. The number of oxime groups is 2. The number of hydrogen-bond acceptors (Lipinski definition) is 6. The molecule has 0 fully saturated rings. The van der Waals surface area contributed by atoms with Gasteiger partial charge >= 0.3 is 0 Å². The number of amides is 1. The molecule has 0 aliphatic carbocycles. The minimum Gasteiger partial charge on any atom is -0.399 e. The average molecular weight is 318 g/mol. The van der Waals surface area contributed by atoms with E-state index in [0.29, 0.717) is 22.7 Å². The topological polar surface area (TPSA) is 84.6 Å². The Hall–Kier alpha value is -2.70. The number of carbonyl (C=O) groups excluding carboxylic acids is 1. The number of likely N-dealkylation sites (N-methyl/N-ethyl adjacent to an activating group) is 1. The minimum absolute atomic E-state index is 0.212. The predicted molar refractivity (Wildman–Crippen MR) is 91.0 cm³/mol. The highest BCUT2D eigenvalue weighted by molar-refractivity contribution is 6.45. The molecule has 0 saturated carbocycles. The van der Waals surface area contributed by atoms with Crippen LogP contribution in [0.2, 0.25) is 0 Å². The molecule has 1 N–H and O–H groups in total. The van der Waals surface area contributed by atoms with Gasteiger partial charge in [0.05, 0.1) is 0 Å². The van der Waals surface area contributed by atoms with Crippen LogP contribution in [-0.4, -0.2) is 44.2 Å². The van der Waals surface area contributed by atoms with Crippen LogP contribution in [0.25, 0.3) is 0 Å². The zero-order valence-electron chi connectivity index (χ0n) is 14.1. The quantitative estimate of drug-likeness (QED) is 0.614. The minimum atomic E-state index is -0.247. The van der Waals surface area contributed by atoms with Gasteiger partial charge in [-0.05, 0) is 13.8 Å². The van der Waals surface area contributed by atoms with Gasteiger partial charge in [-0.2, -0.15) is 0 Å². The third-order valence-electron chi connectivity index (χ3n) is 3.11. The fraction of sp³-hybridized carbons (Fsp3) is 0.375. The first-order chi connectivity index (χ1) is 11.0. The first-order valence-electron chi connectivity index (χ1n) is 7.07. The van der Waals surface area contributed by atoms with E-state index in [1.807, 2.05) is 24.3 Å². The highest BCUT2D eigenvalue weighted by Crippen LogP contribution is 2.12. The summed E-state index contributed by atoms with van der Waals surface area (Å²) in [7, 11) is 4.62. The Morgan fingerprint density at radius 3 is 2.43 bits per heavy atom. The molecule has 7 heteroatoms. The highest BCUT2D eigenvalue weighted by Gasteiger charge is 2.15. The number of nitrogens with zero attached hydrogens (tertiary/aromatic N) is 3. The Morgan fingerprint density at radius 2 is 1.83 bits per heavy atom. The number of rotatable bonds is 7. The van der Waals surface area contributed by atoms with E-state index < -0.39 is 0 Å². The van der Waals surface area contributed by atoms with E-state index in [9.17, 15) is 4.79 Å². The summed E-state index contributed by atoms with van der Waals surface area (Å²) >= 11 is 0. The lowest BCUT2D eigenvalue weighted by molar-refractivity contribution is -0.114. The summed E-state index contributed by atoms with van der Waals surface area (Å²) in [4.78, 5) is 26.0. The van der Waals surface area contributed by atoms with Crippen LogP contribution >= 0.6 is 0 Å². The summed E-state index contributed by atoms with van der Waals surface area (Å²) in [6, 6.07) is 7.40. The number of nitrogens with one attached hydrogen (secondary N) is 1. The van der Waals surface area contributed by atoms with Crippen molar-refractivity contribution < 1.29 is 14.5 Å². The normalized spacial score (nSPS) is 12.8. The van der Waals surface area contributed by atoms with Gasteiger partial charge in [-0.3, -0.25) is 9.79 Å². The van der Waals surface area contributed by atoms with E-state index in [4.69, 9.17) is 4.84 Å². The molecule has 1 rings (SSSR count). The number of benzene rings is 1. The van der Waals surface area contributed by atoms with Gasteiger partial charge < -0.3 is 15.0 Å². The average Bonchev–Trinajstić information content (AvgIpc) is 2.56. The largest absolute Gasteiger partial charge is 0.399 e. The van der Waals surface area contributed by atoms with Crippen molar-refractivity contribution >= 4 is 23.0 Å². The van der Waals surface area contributed by atoms with E-state index in [-0.39, 0.29) is 12.5 Å².